The Morgan fingerprint density at radius 3 is 1.94 bits per heavy atom. The van der Waals surface area contributed by atoms with Gasteiger partial charge in [0, 0.05) is 24.6 Å². The molecule has 16 heavy (non-hydrogen) atoms. The molecule has 0 unspecified atom stereocenters. The monoisotopic (exact) mass is 265 g/mol. The molecule has 0 heterocycles. The lowest BCUT2D eigenvalue weighted by Gasteiger charge is -2.04. The third-order valence-corrected chi connectivity index (χ3v) is 4.48. The first-order chi connectivity index (χ1) is 7.91. The molecule has 4 N–H and O–H groups in total. The van der Waals surface area contributed by atoms with Crippen molar-refractivity contribution in [3.8, 4) is 0 Å². The van der Waals surface area contributed by atoms with Crippen molar-refractivity contribution in [2.75, 3.05) is 44.2 Å². The molecule has 0 saturated heterocycles. The van der Waals surface area contributed by atoms with Crippen molar-refractivity contribution in [2.24, 2.45) is 5.73 Å². The van der Waals surface area contributed by atoms with E-state index in [0.29, 0.717) is 0 Å². The molecule has 0 spiro atoms. The molecule has 0 fully saturated rings. The van der Waals surface area contributed by atoms with Crippen LogP contribution in [0, 0.1) is 0 Å². The van der Waals surface area contributed by atoms with Crippen molar-refractivity contribution in [1.82, 2.24) is 10.6 Å². The molecular formula is C11H27N3S2. The lowest BCUT2D eigenvalue weighted by Crippen LogP contribution is -2.20. The van der Waals surface area contributed by atoms with Crippen LogP contribution in [0.3, 0.4) is 0 Å². The molecule has 0 radical (unpaired) electrons. The molecule has 0 atom stereocenters. The van der Waals surface area contributed by atoms with E-state index in [-0.39, 0.29) is 0 Å². The Kier molecular flexibility index (Phi) is 16.1. The van der Waals surface area contributed by atoms with E-state index >= 15 is 0 Å². The second-order valence-electron chi connectivity index (χ2n) is 3.64. The van der Waals surface area contributed by atoms with E-state index in [4.69, 9.17) is 5.73 Å². The second-order valence-corrected chi connectivity index (χ2v) is 6.34. The van der Waals surface area contributed by atoms with Crippen molar-refractivity contribution < 1.29 is 0 Å². The Morgan fingerprint density at radius 2 is 1.44 bits per heavy atom. The van der Waals surface area contributed by atoms with Crippen LogP contribution in [-0.4, -0.2) is 44.2 Å². The fraction of sp³-hybridized carbons (Fsp3) is 1.00. The number of nitrogens with one attached hydrogen (secondary N) is 2. The topological polar surface area (TPSA) is 50.1 Å². The summed E-state index contributed by atoms with van der Waals surface area (Å²) in [5, 5.41) is 6.82. The van der Waals surface area contributed by atoms with Crippen LogP contribution in [0.5, 0.6) is 0 Å². The zero-order chi connectivity index (χ0) is 11.9. The summed E-state index contributed by atoms with van der Waals surface area (Å²) in [4.78, 5) is 0. The van der Waals surface area contributed by atoms with Crippen molar-refractivity contribution in [3.05, 3.63) is 0 Å². The highest BCUT2D eigenvalue weighted by atomic mass is 33.1. The number of hydrogen-bond donors (Lipinski definition) is 3. The Balaban J connectivity index is 2.83. The maximum atomic E-state index is 5.40. The van der Waals surface area contributed by atoms with Crippen molar-refractivity contribution in [3.63, 3.8) is 0 Å². The first kappa shape index (κ1) is 16.6. The maximum Gasteiger partial charge on any atom is 0.0162 e. The molecule has 0 saturated carbocycles. The van der Waals surface area contributed by atoms with E-state index in [1.54, 1.807) is 0 Å². The number of rotatable bonds is 13. The first-order valence-electron chi connectivity index (χ1n) is 6.27. The molecule has 0 rings (SSSR count). The summed E-state index contributed by atoms with van der Waals surface area (Å²) < 4.78 is 0. The Morgan fingerprint density at radius 1 is 0.875 bits per heavy atom. The van der Waals surface area contributed by atoms with E-state index in [2.05, 4.69) is 17.6 Å². The van der Waals surface area contributed by atoms with Crippen molar-refractivity contribution >= 4 is 21.6 Å². The van der Waals surface area contributed by atoms with Gasteiger partial charge in [0.2, 0.25) is 0 Å². The van der Waals surface area contributed by atoms with Gasteiger partial charge in [-0.05, 0) is 32.5 Å². The third-order valence-electron chi connectivity index (χ3n) is 2.07. The molecule has 3 nitrogen and oxygen atoms in total. The quantitative estimate of drug-likeness (QED) is 0.349. The average molecular weight is 265 g/mol. The van der Waals surface area contributed by atoms with Gasteiger partial charge >= 0.3 is 0 Å². The molecule has 5 heteroatoms. The van der Waals surface area contributed by atoms with Gasteiger partial charge in [-0.2, -0.15) is 0 Å². The summed E-state index contributed by atoms with van der Waals surface area (Å²) in [5.41, 5.74) is 5.40. The van der Waals surface area contributed by atoms with E-state index < -0.39 is 0 Å². The number of hydrogen-bond acceptors (Lipinski definition) is 5. The van der Waals surface area contributed by atoms with E-state index in [9.17, 15) is 0 Å². The van der Waals surface area contributed by atoms with Crippen LogP contribution in [-0.2, 0) is 0 Å². The molecule has 0 amide bonds. The molecule has 0 aliphatic rings. The van der Waals surface area contributed by atoms with Gasteiger partial charge < -0.3 is 16.4 Å². The highest BCUT2D eigenvalue weighted by Crippen LogP contribution is 2.19. The van der Waals surface area contributed by atoms with E-state index in [1.807, 2.05) is 21.6 Å². The summed E-state index contributed by atoms with van der Waals surface area (Å²) in [6, 6.07) is 0. The Hall–Kier alpha value is 0.580. The zero-order valence-electron chi connectivity index (χ0n) is 10.5. The molecule has 0 aromatic carbocycles. The Bertz CT molecular complexity index is 112. The first-order valence-corrected chi connectivity index (χ1v) is 8.76. The van der Waals surface area contributed by atoms with Gasteiger partial charge in [-0.1, -0.05) is 34.9 Å². The third kappa shape index (κ3) is 14.6. The molecule has 98 valence electrons. The maximum absolute atomic E-state index is 5.40. The summed E-state index contributed by atoms with van der Waals surface area (Å²) in [5.74, 6) is 2.39. The molecule has 0 aromatic heterocycles. The Labute approximate surface area is 108 Å². The predicted molar refractivity (Wildman–Crippen MR) is 79.2 cm³/mol. The van der Waals surface area contributed by atoms with Crippen LogP contribution >= 0.6 is 21.6 Å². The van der Waals surface area contributed by atoms with Crippen LogP contribution < -0.4 is 16.4 Å². The van der Waals surface area contributed by atoms with Gasteiger partial charge in [0.15, 0.2) is 0 Å². The van der Waals surface area contributed by atoms with Crippen LogP contribution in [0.4, 0.5) is 0 Å². The normalized spacial score (nSPS) is 10.9. The standard InChI is InChI=1S/C11H27N3S2/c1-2-3-6-13-8-10-15-16-11-9-14-7-4-5-12/h13-14H,2-12H2,1H3. The predicted octanol–water partition coefficient (Wildman–Crippen LogP) is 1.70. The fourth-order valence-electron chi connectivity index (χ4n) is 1.12. The minimum Gasteiger partial charge on any atom is -0.330 e. The van der Waals surface area contributed by atoms with Gasteiger partial charge in [0.1, 0.15) is 0 Å². The van der Waals surface area contributed by atoms with Crippen LogP contribution in [0.2, 0.25) is 0 Å². The van der Waals surface area contributed by atoms with Gasteiger partial charge in [-0.25, -0.2) is 0 Å². The highest BCUT2D eigenvalue weighted by Gasteiger charge is 1.91. The van der Waals surface area contributed by atoms with Crippen LogP contribution in [0.25, 0.3) is 0 Å². The molecular weight excluding hydrogens is 238 g/mol. The zero-order valence-corrected chi connectivity index (χ0v) is 12.1. The number of nitrogens with two attached hydrogens (primary N) is 1. The lowest BCUT2D eigenvalue weighted by atomic mass is 10.3. The van der Waals surface area contributed by atoms with Gasteiger partial charge in [0.25, 0.3) is 0 Å². The van der Waals surface area contributed by atoms with Crippen molar-refractivity contribution in [1.29, 1.82) is 0 Å². The highest BCUT2D eigenvalue weighted by molar-refractivity contribution is 8.76. The van der Waals surface area contributed by atoms with E-state index in [0.717, 1.165) is 32.6 Å². The molecule has 0 aliphatic heterocycles. The molecule has 0 bridgehead atoms. The summed E-state index contributed by atoms with van der Waals surface area (Å²) in [6.45, 7) is 7.48. The molecule has 0 aliphatic carbocycles. The summed E-state index contributed by atoms with van der Waals surface area (Å²) >= 11 is 0. The van der Waals surface area contributed by atoms with Gasteiger partial charge in [0.05, 0.1) is 0 Å². The minimum atomic E-state index is 0.790. The molecule has 0 aromatic rings. The van der Waals surface area contributed by atoms with Crippen LogP contribution in [0.15, 0.2) is 0 Å². The minimum absolute atomic E-state index is 0.790. The number of unbranched alkanes of at least 4 members (excludes halogenated alkanes) is 1. The second kappa shape index (κ2) is 15.6. The summed E-state index contributed by atoms with van der Waals surface area (Å²) in [7, 11) is 3.92. The van der Waals surface area contributed by atoms with Crippen molar-refractivity contribution in [2.45, 2.75) is 26.2 Å². The SMILES string of the molecule is CCCCNCCSSCCNCCCN. The van der Waals surface area contributed by atoms with Crippen LogP contribution in [0.1, 0.15) is 26.2 Å². The smallest absolute Gasteiger partial charge is 0.0162 e. The largest absolute Gasteiger partial charge is 0.330 e. The fourth-order valence-corrected chi connectivity index (χ4v) is 3.02. The summed E-state index contributed by atoms with van der Waals surface area (Å²) in [6.07, 6.45) is 3.66. The average Bonchev–Trinajstić information content (AvgIpc) is 2.31. The lowest BCUT2D eigenvalue weighted by molar-refractivity contribution is 0.666. The van der Waals surface area contributed by atoms with Gasteiger partial charge in [-0.15, -0.1) is 0 Å². The van der Waals surface area contributed by atoms with Gasteiger partial charge in [-0.3, -0.25) is 0 Å². The van der Waals surface area contributed by atoms with E-state index in [1.165, 1.54) is 30.9 Å².